The van der Waals surface area contributed by atoms with E-state index in [4.69, 9.17) is 9.47 Å². The van der Waals surface area contributed by atoms with Crippen LogP contribution < -0.4 is 4.74 Å². The molecule has 0 saturated heterocycles. The van der Waals surface area contributed by atoms with Crippen molar-refractivity contribution in [1.29, 1.82) is 0 Å². The Balaban J connectivity index is 2.06. The molecule has 0 aromatic heterocycles. The third-order valence-corrected chi connectivity index (χ3v) is 3.61. The van der Waals surface area contributed by atoms with Gasteiger partial charge in [0.05, 0.1) is 7.11 Å². The maximum atomic E-state index is 11.9. The normalized spacial score (nSPS) is 11.9. The van der Waals surface area contributed by atoms with Crippen LogP contribution in [0.25, 0.3) is 6.08 Å². The molecule has 1 unspecified atom stereocenters. The van der Waals surface area contributed by atoms with Gasteiger partial charge in [-0.3, -0.25) is 0 Å². The first kappa shape index (κ1) is 19.6. The van der Waals surface area contributed by atoms with E-state index in [-0.39, 0.29) is 29.4 Å². The van der Waals surface area contributed by atoms with E-state index in [1.54, 1.807) is 0 Å². The maximum absolute atomic E-state index is 11.9. The number of phenols is 3. The summed E-state index contributed by atoms with van der Waals surface area (Å²) >= 11 is 0. The van der Waals surface area contributed by atoms with Crippen molar-refractivity contribution < 1.29 is 39.5 Å². The number of carbonyl (C=O) groups excluding carboxylic acids is 1. The van der Waals surface area contributed by atoms with E-state index < -0.39 is 18.0 Å². The molecular formula is C19H18O8. The number of esters is 1. The molecule has 2 aromatic carbocycles. The van der Waals surface area contributed by atoms with Crippen LogP contribution in [0.4, 0.5) is 0 Å². The lowest BCUT2D eigenvalue weighted by Crippen LogP contribution is -2.28. The van der Waals surface area contributed by atoms with Crippen LogP contribution in [0.15, 0.2) is 42.5 Å². The summed E-state index contributed by atoms with van der Waals surface area (Å²) in [6, 6.07) is 8.24. The van der Waals surface area contributed by atoms with Crippen LogP contribution in [0.3, 0.4) is 0 Å². The lowest BCUT2D eigenvalue weighted by Gasteiger charge is -2.13. The van der Waals surface area contributed by atoms with Crippen LogP contribution in [0, 0.1) is 0 Å². The number of carboxylic acids is 1. The molecule has 0 amide bonds. The molecule has 0 aliphatic carbocycles. The van der Waals surface area contributed by atoms with Gasteiger partial charge in [0, 0.05) is 12.5 Å². The molecule has 0 spiro atoms. The first-order valence-electron chi connectivity index (χ1n) is 7.79. The summed E-state index contributed by atoms with van der Waals surface area (Å²) in [4.78, 5) is 23.3. The van der Waals surface area contributed by atoms with E-state index >= 15 is 0 Å². The first-order valence-corrected chi connectivity index (χ1v) is 7.79. The van der Waals surface area contributed by atoms with Crippen molar-refractivity contribution in [2.45, 2.75) is 12.5 Å². The van der Waals surface area contributed by atoms with Crippen molar-refractivity contribution in [1.82, 2.24) is 0 Å². The van der Waals surface area contributed by atoms with Gasteiger partial charge >= 0.3 is 11.9 Å². The highest BCUT2D eigenvalue weighted by atomic mass is 16.6. The summed E-state index contributed by atoms with van der Waals surface area (Å²) in [5.41, 5.74) is 0.912. The van der Waals surface area contributed by atoms with E-state index in [9.17, 15) is 30.0 Å². The average molecular weight is 374 g/mol. The van der Waals surface area contributed by atoms with Gasteiger partial charge in [0.1, 0.15) is 0 Å². The van der Waals surface area contributed by atoms with Gasteiger partial charge < -0.3 is 29.9 Å². The molecule has 1 atom stereocenters. The molecule has 0 aliphatic heterocycles. The van der Waals surface area contributed by atoms with Crippen molar-refractivity contribution in [3.8, 4) is 23.0 Å². The van der Waals surface area contributed by atoms with Crippen LogP contribution in [-0.2, 0) is 20.7 Å². The second kappa shape index (κ2) is 8.61. The molecule has 0 bridgehead atoms. The molecule has 142 valence electrons. The summed E-state index contributed by atoms with van der Waals surface area (Å²) in [5.74, 6) is -2.79. The molecule has 27 heavy (non-hydrogen) atoms. The van der Waals surface area contributed by atoms with Gasteiger partial charge in [0.15, 0.2) is 23.0 Å². The molecule has 0 saturated carbocycles. The van der Waals surface area contributed by atoms with Crippen LogP contribution in [0.5, 0.6) is 23.0 Å². The summed E-state index contributed by atoms with van der Waals surface area (Å²) in [6.45, 7) is 0. The average Bonchev–Trinajstić information content (AvgIpc) is 2.63. The van der Waals surface area contributed by atoms with Crippen molar-refractivity contribution in [2.24, 2.45) is 0 Å². The molecule has 0 radical (unpaired) electrons. The molecule has 0 heterocycles. The minimum atomic E-state index is -1.44. The summed E-state index contributed by atoms with van der Waals surface area (Å²) in [6.07, 6.45) is 0.763. The van der Waals surface area contributed by atoms with Crippen molar-refractivity contribution in [2.75, 3.05) is 7.11 Å². The van der Waals surface area contributed by atoms with Gasteiger partial charge in [0.25, 0.3) is 0 Å². The zero-order valence-corrected chi connectivity index (χ0v) is 14.3. The SMILES string of the molecule is COc1cc(CC(OC(=O)/C=C/c2ccc(O)c(O)c2)C(=O)O)ccc1O. The molecule has 0 fully saturated rings. The van der Waals surface area contributed by atoms with E-state index in [0.29, 0.717) is 11.1 Å². The number of ether oxygens (including phenoxy) is 2. The number of carbonyl (C=O) groups is 2. The highest BCUT2D eigenvalue weighted by molar-refractivity contribution is 5.89. The zero-order chi connectivity index (χ0) is 20.0. The number of methoxy groups -OCH3 is 1. The fourth-order valence-corrected chi connectivity index (χ4v) is 2.23. The highest BCUT2D eigenvalue weighted by Crippen LogP contribution is 2.27. The fraction of sp³-hybridized carbons (Fsp3) is 0.158. The number of carboxylic acid groups (broad SMARTS) is 1. The second-order valence-electron chi connectivity index (χ2n) is 5.56. The standard InChI is InChI=1S/C19H18O8/c1-26-16-9-12(3-6-14(16)21)10-17(19(24)25)27-18(23)7-4-11-2-5-13(20)15(22)8-11/h2-9,17,20-22H,10H2,1H3,(H,24,25)/b7-4+. The van der Waals surface area contributed by atoms with Crippen LogP contribution in [0.1, 0.15) is 11.1 Å². The Hall–Kier alpha value is -3.68. The Morgan fingerprint density at radius 1 is 1.04 bits per heavy atom. The summed E-state index contributed by atoms with van der Waals surface area (Å²) < 4.78 is 9.91. The molecule has 2 aromatic rings. The third-order valence-electron chi connectivity index (χ3n) is 3.61. The molecule has 2 rings (SSSR count). The summed E-state index contributed by atoms with van der Waals surface area (Å²) in [5, 5.41) is 37.5. The van der Waals surface area contributed by atoms with Crippen molar-refractivity contribution in [3.63, 3.8) is 0 Å². The van der Waals surface area contributed by atoms with Crippen molar-refractivity contribution in [3.05, 3.63) is 53.6 Å². The Morgan fingerprint density at radius 2 is 1.74 bits per heavy atom. The minimum absolute atomic E-state index is 0.0924. The number of phenolic OH excluding ortho intramolecular Hbond substituents is 3. The predicted octanol–water partition coefficient (Wildman–Crippen LogP) is 2.06. The predicted molar refractivity (Wildman–Crippen MR) is 94.7 cm³/mol. The topological polar surface area (TPSA) is 134 Å². The largest absolute Gasteiger partial charge is 0.504 e. The van der Waals surface area contributed by atoms with E-state index in [1.807, 2.05) is 0 Å². The third kappa shape index (κ3) is 5.40. The fourth-order valence-electron chi connectivity index (χ4n) is 2.23. The lowest BCUT2D eigenvalue weighted by atomic mass is 10.1. The first-order chi connectivity index (χ1) is 12.8. The lowest BCUT2D eigenvalue weighted by molar-refractivity contribution is -0.160. The van der Waals surface area contributed by atoms with Gasteiger partial charge in [-0.15, -0.1) is 0 Å². The molecular weight excluding hydrogens is 356 g/mol. The van der Waals surface area contributed by atoms with Crippen LogP contribution in [-0.4, -0.2) is 45.6 Å². The van der Waals surface area contributed by atoms with E-state index in [1.165, 1.54) is 49.6 Å². The molecule has 8 heteroatoms. The molecule has 8 nitrogen and oxygen atoms in total. The number of hydrogen-bond donors (Lipinski definition) is 4. The molecule has 0 aliphatic rings. The monoisotopic (exact) mass is 374 g/mol. The second-order valence-corrected chi connectivity index (χ2v) is 5.56. The Morgan fingerprint density at radius 3 is 2.37 bits per heavy atom. The number of aliphatic carboxylic acids is 1. The number of hydrogen-bond acceptors (Lipinski definition) is 7. The van der Waals surface area contributed by atoms with Gasteiger partial charge in [-0.2, -0.15) is 0 Å². The minimum Gasteiger partial charge on any atom is -0.504 e. The van der Waals surface area contributed by atoms with E-state index in [2.05, 4.69) is 0 Å². The maximum Gasteiger partial charge on any atom is 0.345 e. The number of rotatable bonds is 7. The van der Waals surface area contributed by atoms with Crippen molar-refractivity contribution >= 4 is 18.0 Å². The van der Waals surface area contributed by atoms with Gasteiger partial charge in [0.2, 0.25) is 6.10 Å². The zero-order valence-electron chi connectivity index (χ0n) is 14.3. The Kier molecular flexibility index (Phi) is 6.27. The molecule has 4 N–H and O–H groups in total. The Labute approximate surface area is 154 Å². The van der Waals surface area contributed by atoms with Gasteiger partial charge in [-0.1, -0.05) is 12.1 Å². The number of benzene rings is 2. The van der Waals surface area contributed by atoms with Gasteiger partial charge in [-0.05, 0) is 41.5 Å². The quantitative estimate of drug-likeness (QED) is 0.329. The van der Waals surface area contributed by atoms with Crippen LogP contribution >= 0.6 is 0 Å². The highest BCUT2D eigenvalue weighted by Gasteiger charge is 2.22. The number of aromatic hydroxyl groups is 3. The summed E-state index contributed by atoms with van der Waals surface area (Å²) in [7, 11) is 1.36. The van der Waals surface area contributed by atoms with Gasteiger partial charge in [-0.25, -0.2) is 9.59 Å². The van der Waals surface area contributed by atoms with E-state index in [0.717, 1.165) is 6.08 Å². The van der Waals surface area contributed by atoms with Crippen LogP contribution in [0.2, 0.25) is 0 Å². The smallest absolute Gasteiger partial charge is 0.345 e. The Bertz CT molecular complexity index is 872.